The molecule has 1 heterocycles. The van der Waals surface area contributed by atoms with Crippen LogP contribution < -0.4 is 0 Å². The Morgan fingerprint density at radius 2 is 1.62 bits per heavy atom. The van der Waals surface area contributed by atoms with E-state index in [2.05, 4.69) is 0 Å². The fourth-order valence-electron chi connectivity index (χ4n) is 3.16. The van der Waals surface area contributed by atoms with E-state index in [9.17, 15) is 4.79 Å². The van der Waals surface area contributed by atoms with E-state index in [1.807, 2.05) is 51.4 Å². The summed E-state index contributed by atoms with van der Waals surface area (Å²) in [5, 5.41) is 0. The fourth-order valence-corrected chi connectivity index (χ4v) is 3.16. The first kappa shape index (κ1) is 23.6. The van der Waals surface area contributed by atoms with Crippen molar-refractivity contribution in [3.63, 3.8) is 0 Å². The summed E-state index contributed by atoms with van der Waals surface area (Å²) >= 11 is 0. The maximum absolute atomic E-state index is 12.5. The topological polar surface area (TPSA) is 48.0 Å². The largest absolute Gasteiger partial charge is 2.00 e. The van der Waals surface area contributed by atoms with E-state index in [-0.39, 0.29) is 25.4 Å². The van der Waals surface area contributed by atoms with Gasteiger partial charge in [0.15, 0.2) is 0 Å². The number of likely N-dealkylation sites (tertiary alicyclic amines) is 1. The van der Waals surface area contributed by atoms with Gasteiger partial charge in [-0.25, -0.2) is 0 Å². The number of methoxy groups -OCH3 is 3. The van der Waals surface area contributed by atoms with Crippen LogP contribution in [0.25, 0.3) is 0 Å². The van der Waals surface area contributed by atoms with Gasteiger partial charge in [0.05, 0.1) is 18.1 Å². The van der Waals surface area contributed by atoms with E-state index >= 15 is 0 Å². The molecule has 1 saturated heterocycles. The summed E-state index contributed by atoms with van der Waals surface area (Å²) in [4.78, 5) is 14.1. The van der Waals surface area contributed by atoms with E-state index in [1.165, 1.54) is 0 Å². The Morgan fingerprint density at radius 1 is 1.04 bits per heavy atom. The summed E-state index contributed by atoms with van der Waals surface area (Å²) in [5.74, 6) is 0.539. The van der Waals surface area contributed by atoms with Gasteiger partial charge >= 0.3 is 19.5 Å². The average Bonchev–Trinajstić information content (AvgIpc) is 3.27. The van der Waals surface area contributed by atoms with Gasteiger partial charge in [0.2, 0.25) is 0 Å². The zero-order valence-electron chi connectivity index (χ0n) is 15.8. The minimum atomic E-state index is -0.652. The minimum absolute atomic E-state index is 0. The molecule has 3 rings (SSSR count). The molecule has 3 aliphatic rings. The van der Waals surface area contributed by atoms with Crippen molar-refractivity contribution >= 4 is 5.91 Å². The van der Waals surface area contributed by atoms with Crippen LogP contribution in [-0.4, -0.2) is 45.7 Å². The van der Waals surface area contributed by atoms with Crippen LogP contribution >= 0.6 is 0 Å². The Balaban J connectivity index is 0.000000486. The molecule has 0 aromatic rings. The predicted octanol–water partition coefficient (Wildman–Crippen LogP) is 2.37. The van der Waals surface area contributed by atoms with Gasteiger partial charge in [-0.05, 0) is 39.0 Å². The van der Waals surface area contributed by atoms with E-state index in [1.54, 1.807) is 40.2 Å². The number of likely N-dealkylation sites (N-methyl/N-ethyl adjacent to an activating group) is 1. The third-order valence-corrected chi connectivity index (χ3v) is 4.39. The quantitative estimate of drug-likeness (QED) is 0.381. The number of hydrogen-bond acceptors (Lipinski definition) is 4. The molecule has 3 fully saturated rings. The second kappa shape index (κ2) is 10.8. The SMILES string of the molecule is CO[C]1[CH][CH][C](OC)C2([CH]1)CN(C)C(=O)/C2=C(\C)OC.[CH]1[CH][CH][CH][CH]1.[Ru+2]. The Bertz CT molecular complexity index is 485. The molecule has 1 amide bonds. The number of allylic oxidation sites excluding steroid dienone is 1. The van der Waals surface area contributed by atoms with Gasteiger partial charge in [0.1, 0.15) is 18.0 Å². The van der Waals surface area contributed by atoms with Crippen molar-refractivity contribution in [2.24, 2.45) is 5.41 Å². The van der Waals surface area contributed by atoms with Crippen molar-refractivity contribution < 1.29 is 38.5 Å². The summed E-state index contributed by atoms with van der Waals surface area (Å²) in [6, 6.07) is 0. The van der Waals surface area contributed by atoms with E-state index in [4.69, 9.17) is 14.2 Å². The molecule has 1 spiro atoms. The number of amides is 1. The van der Waals surface area contributed by atoms with Crippen LogP contribution in [0.15, 0.2) is 11.3 Å². The van der Waals surface area contributed by atoms with Crippen molar-refractivity contribution in [3.05, 3.63) is 74.9 Å². The van der Waals surface area contributed by atoms with Crippen molar-refractivity contribution in [2.75, 3.05) is 34.9 Å². The van der Waals surface area contributed by atoms with Crippen LogP contribution in [0.1, 0.15) is 6.92 Å². The minimum Gasteiger partial charge on any atom is -0.501 e. The van der Waals surface area contributed by atoms with Crippen molar-refractivity contribution in [1.82, 2.24) is 4.90 Å². The summed E-state index contributed by atoms with van der Waals surface area (Å²) < 4.78 is 16.1. The maximum Gasteiger partial charge on any atom is 2.00 e. The van der Waals surface area contributed by atoms with Gasteiger partial charge in [0, 0.05) is 47.1 Å². The summed E-state index contributed by atoms with van der Waals surface area (Å²) in [7, 11) is 6.55. The fraction of sp³-hybridized carbons (Fsp3) is 0.350. The molecule has 5 nitrogen and oxygen atoms in total. The molecule has 10 radical (unpaired) electrons. The third-order valence-electron chi connectivity index (χ3n) is 4.39. The van der Waals surface area contributed by atoms with Gasteiger partial charge in [-0.3, -0.25) is 4.79 Å². The Kier molecular flexibility index (Phi) is 9.78. The molecule has 140 valence electrons. The van der Waals surface area contributed by atoms with Crippen LogP contribution in [0.5, 0.6) is 0 Å². The van der Waals surface area contributed by atoms with Crippen molar-refractivity contribution in [2.45, 2.75) is 6.92 Å². The van der Waals surface area contributed by atoms with Crippen LogP contribution in [0.2, 0.25) is 0 Å². The molecule has 1 aliphatic heterocycles. The number of carbonyl (C=O) groups excluding carboxylic acids is 1. The van der Waals surface area contributed by atoms with Gasteiger partial charge < -0.3 is 19.1 Å². The van der Waals surface area contributed by atoms with Gasteiger partial charge in [-0.2, -0.15) is 0 Å². The molecule has 2 saturated carbocycles. The zero-order valence-corrected chi connectivity index (χ0v) is 17.5. The molecule has 0 aromatic heterocycles. The number of ether oxygens (including phenoxy) is 3. The monoisotopic (exact) mass is 445 g/mol. The van der Waals surface area contributed by atoms with E-state index in [0.717, 1.165) is 0 Å². The zero-order chi connectivity index (χ0) is 18.4. The number of hydrogen-bond donors (Lipinski definition) is 0. The molecule has 1 atom stereocenters. The third kappa shape index (κ3) is 4.88. The van der Waals surface area contributed by atoms with Gasteiger partial charge in [0.25, 0.3) is 5.91 Å². The molecule has 26 heavy (non-hydrogen) atoms. The molecule has 0 aromatic carbocycles. The molecular weight excluding hydrogens is 419 g/mol. The number of carbonyl (C=O) groups is 1. The van der Waals surface area contributed by atoms with Crippen molar-refractivity contribution in [3.8, 4) is 0 Å². The molecule has 2 aliphatic carbocycles. The summed E-state index contributed by atoms with van der Waals surface area (Å²) in [6.07, 6.45) is 17.0. The van der Waals surface area contributed by atoms with Crippen LogP contribution in [0.3, 0.4) is 0 Å². The Hall–Kier alpha value is -0.447. The summed E-state index contributed by atoms with van der Waals surface area (Å²) in [5.41, 5.74) is -0.0564. The van der Waals surface area contributed by atoms with Crippen LogP contribution in [0, 0.1) is 69.0 Å². The molecule has 0 bridgehead atoms. The smallest absolute Gasteiger partial charge is 0.501 e. The van der Waals surface area contributed by atoms with Crippen LogP contribution in [-0.2, 0) is 38.5 Å². The van der Waals surface area contributed by atoms with Crippen molar-refractivity contribution in [1.29, 1.82) is 0 Å². The Labute approximate surface area is 171 Å². The first-order valence-electron chi connectivity index (χ1n) is 8.04. The van der Waals surface area contributed by atoms with E-state index < -0.39 is 5.41 Å². The number of rotatable bonds is 3. The first-order valence-corrected chi connectivity index (χ1v) is 8.04. The first-order chi connectivity index (χ1) is 12.0. The van der Waals surface area contributed by atoms with Crippen LogP contribution in [0.4, 0.5) is 0 Å². The second-order valence-corrected chi connectivity index (χ2v) is 5.88. The average molecular weight is 444 g/mol. The van der Waals surface area contributed by atoms with Gasteiger partial charge in [-0.15, -0.1) is 0 Å². The molecule has 1 unspecified atom stereocenters. The molecule has 0 N–H and O–H groups in total. The van der Waals surface area contributed by atoms with E-state index in [0.29, 0.717) is 30.1 Å². The molecular formula is C20H25NO4Ru+2. The molecule has 6 heteroatoms. The maximum atomic E-state index is 12.5. The standard InChI is InChI=1S/C15H20NO4.C5H5.Ru/c1-10(18-3)13-14(17)16(2)9-15(13)8-11(19-4)6-7-12(15)20-5;1-2-4-5-3-1;/h6-8H,9H2,1-5H3;1-5H;/q;;+2/b13-10-;;. The predicted molar refractivity (Wildman–Crippen MR) is 94.7 cm³/mol. The number of nitrogens with zero attached hydrogens (tertiary/aromatic N) is 1. The normalized spacial score (nSPS) is 28.7. The second-order valence-electron chi connectivity index (χ2n) is 5.88. The Morgan fingerprint density at radius 3 is 2.08 bits per heavy atom. The summed E-state index contributed by atoms with van der Waals surface area (Å²) in [6.45, 7) is 2.29. The van der Waals surface area contributed by atoms with Gasteiger partial charge in [-0.1, -0.05) is 0 Å².